The summed E-state index contributed by atoms with van der Waals surface area (Å²) in [4.78, 5) is 17.6. The maximum Gasteiger partial charge on any atom is 0.248 e. The number of aryl methyl sites for hydroxylation is 2. The van der Waals surface area contributed by atoms with E-state index in [1.807, 2.05) is 18.2 Å². The molecule has 2 aliphatic rings. The summed E-state index contributed by atoms with van der Waals surface area (Å²) < 4.78 is 10.6. The molecule has 0 aliphatic heterocycles. The second-order valence-electron chi connectivity index (χ2n) is 7.33. The van der Waals surface area contributed by atoms with Crippen LogP contribution in [0.3, 0.4) is 0 Å². The Balaban J connectivity index is 1.56. The molecular formula is C23H26N2O3. The maximum absolute atomic E-state index is 12.7. The Kier molecular flexibility index (Phi) is 5.33. The van der Waals surface area contributed by atoms with Crippen molar-refractivity contribution in [1.82, 2.24) is 4.98 Å². The normalized spacial score (nSPS) is 15.2. The van der Waals surface area contributed by atoms with Crippen molar-refractivity contribution in [3.05, 3.63) is 52.4 Å². The van der Waals surface area contributed by atoms with Crippen molar-refractivity contribution in [3.63, 3.8) is 0 Å². The summed E-state index contributed by atoms with van der Waals surface area (Å²) in [6.45, 7) is 0. The molecule has 0 atom stereocenters. The summed E-state index contributed by atoms with van der Waals surface area (Å²) in [5, 5.41) is 3.17. The van der Waals surface area contributed by atoms with E-state index in [1.54, 1.807) is 26.4 Å². The highest BCUT2D eigenvalue weighted by Crippen LogP contribution is 2.36. The minimum atomic E-state index is -0.108. The Labute approximate surface area is 165 Å². The molecule has 4 rings (SSSR count). The molecule has 0 fully saturated rings. The van der Waals surface area contributed by atoms with Gasteiger partial charge in [0.05, 0.1) is 19.9 Å². The van der Waals surface area contributed by atoms with Crippen LogP contribution in [0.25, 0.3) is 6.08 Å². The number of anilines is 1. The molecule has 0 bridgehead atoms. The summed E-state index contributed by atoms with van der Waals surface area (Å²) in [6.07, 6.45) is 10.9. The number of amides is 1. The number of pyridine rings is 1. The summed E-state index contributed by atoms with van der Waals surface area (Å²) in [6, 6.07) is 5.59. The number of ether oxygens (including phenoxy) is 2. The van der Waals surface area contributed by atoms with Crippen molar-refractivity contribution in [2.45, 2.75) is 44.9 Å². The lowest BCUT2D eigenvalue weighted by Gasteiger charge is -2.22. The zero-order valence-corrected chi connectivity index (χ0v) is 16.5. The molecule has 5 nitrogen and oxygen atoms in total. The van der Waals surface area contributed by atoms with Crippen molar-refractivity contribution < 1.29 is 14.3 Å². The molecule has 0 radical (unpaired) electrons. The van der Waals surface area contributed by atoms with Crippen molar-refractivity contribution in [3.8, 4) is 11.5 Å². The molecule has 28 heavy (non-hydrogen) atoms. The van der Waals surface area contributed by atoms with Gasteiger partial charge in [0, 0.05) is 17.5 Å². The summed E-state index contributed by atoms with van der Waals surface area (Å²) in [5.74, 6) is 1.21. The first-order chi connectivity index (χ1) is 13.7. The lowest BCUT2D eigenvalue weighted by molar-refractivity contribution is -0.111. The van der Waals surface area contributed by atoms with Crippen LogP contribution in [0, 0.1) is 0 Å². The Morgan fingerprint density at radius 1 is 0.964 bits per heavy atom. The van der Waals surface area contributed by atoms with E-state index in [9.17, 15) is 4.79 Å². The summed E-state index contributed by atoms with van der Waals surface area (Å²) in [5.41, 5.74) is 6.77. The van der Waals surface area contributed by atoms with Crippen LogP contribution in [0.4, 0.5) is 5.69 Å². The second kappa shape index (κ2) is 8.05. The van der Waals surface area contributed by atoms with Gasteiger partial charge in [-0.1, -0.05) is 6.07 Å². The van der Waals surface area contributed by atoms with Crippen LogP contribution in [0.2, 0.25) is 0 Å². The van der Waals surface area contributed by atoms with Crippen LogP contribution >= 0.6 is 0 Å². The highest BCUT2D eigenvalue weighted by atomic mass is 16.5. The van der Waals surface area contributed by atoms with Gasteiger partial charge in [0.25, 0.3) is 0 Å². The van der Waals surface area contributed by atoms with Crippen molar-refractivity contribution in [1.29, 1.82) is 0 Å². The maximum atomic E-state index is 12.7. The van der Waals surface area contributed by atoms with Crippen molar-refractivity contribution in [2.24, 2.45) is 0 Å². The van der Waals surface area contributed by atoms with E-state index in [0.717, 1.165) is 49.8 Å². The predicted molar refractivity (Wildman–Crippen MR) is 110 cm³/mol. The van der Waals surface area contributed by atoms with Gasteiger partial charge in [0.15, 0.2) is 11.5 Å². The Hall–Kier alpha value is -2.82. The third-order valence-corrected chi connectivity index (χ3v) is 5.58. The second-order valence-corrected chi connectivity index (χ2v) is 7.33. The topological polar surface area (TPSA) is 60.5 Å². The van der Waals surface area contributed by atoms with Gasteiger partial charge < -0.3 is 14.8 Å². The largest absolute Gasteiger partial charge is 0.493 e. The van der Waals surface area contributed by atoms with E-state index in [2.05, 4.69) is 5.32 Å². The van der Waals surface area contributed by atoms with Gasteiger partial charge in [0.1, 0.15) is 0 Å². The molecule has 2 aliphatic carbocycles. The number of benzene rings is 1. The Bertz CT molecular complexity index is 934. The number of methoxy groups -OCH3 is 2. The fraction of sp³-hybridized carbons (Fsp3) is 0.391. The lowest BCUT2D eigenvalue weighted by atomic mass is 9.92. The van der Waals surface area contributed by atoms with Crippen LogP contribution in [0.15, 0.2) is 24.3 Å². The smallest absolute Gasteiger partial charge is 0.248 e. The SMILES string of the molecule is COc1ccc(/C=C/C(=O)Nc2c3c(nc4c2CCC4)CCCC3)cc1OC. The first kappa shape index (κ1) is 18.5. The Morgan fingerprint density at radius 2 is 1.64 bits per heavy atom. The fourth-order valence-electron chi connectivity index (χ4n) is 4.19. The number of carbonyl (C=O) groups is 1. The van der Waals surface area contributed by atoms with Gasteiger partial charge in [-0.3, -0.25) is 9.78 Å². The molecule has 0 unspecified atom stereocenters. The minimum absolute atomic E-state index is 0.108. The number of rotatable bonds is 5. The van der Waals surface area contributed by atoms with Gasteiger partial charge in [-0.05, 0) is 79.8 Å². The first-order valence-electron chi connectivity index (χ1n) is 9.94. The van der Waals surface area contributed by atoms with Gasteiger partial charge in [-0.15, -0.1) is 0 Å². The van der Waals surface area contributed by atoms with Crippen LogP contribution in [0.5, 0.6) is 11.5 Å². The minimum Gasteiger partial charge on any atom is -0.493 e. The zero-order valence-electron chi connectivity index (χ0n) is 16.5. The molecule has 1 heterocycles. The van der Waals surface area contributed by atoms with E-state index in [-0.39, 0.29) is 5.91 Å². The van der Waals surface area contributed by atoms with Crippen LogP contribution in [-0.2, 0) is 30.5 Å². The number of hydrogen-bond acceptors (Lipinski definition) is 4. The quantitative estimate of drug-likeness (QED) is 0.795. The summed E-state index contributed by atoms with van der Waals surface area (Å²) in [7, 11) is 3.21. The molecule has 1 aromatic heterocycles. The highest BCUT2D eigenvalue weighted by Gasteiger charge is 2.25. The van der Waals surface area contributed by atoms with Gasteiger partial charge in [0.2, 0.25) is 5.91 Å². The first-order valence-corrected chi connectivity index (χ1v) is 9.94. The number of fused-ring (bicyclic) bond motifs is 2. The number of carbonyl (C=O) groups excluding carboxylic acids is 1. The van der Waals surface area contributed by atoms with E-state index >= 15 is 0 Å². The fourth-order valence-corrected chi connectivity index (χ4v) is 4.19. The lowest BCUT2D eigenvalue weighted by Crippen LogP contribution is -2.17. The number of hydrogen-bond donors (Lipinski definition) is 1. The predicted octanol–water partition coefficient (Wildman–Crippen LogP) is 4.12. The number of nitrogens with zero attached hydrogens (tertiary/aromatic N) is 1. The van der Waals surface area contributed by atoms with Crippen LogP contribution in [0.1, 0.15) is 47.3 Å². The average molecular weight is 378 g/mol. The monoisotopic (exact) mass is 378 g/mol. The van der Waals surface area contributed by atoms with Gasteiger partial charge in [-0.25, -0.2) is 0 Å². The van der Waals surface area contributed by atoms with E-state index in [1.165, 1.54) is 28.9 Å². The standard InChI is InChI=1S/C23H26N2O3/c1-27-20-12-10-15(14-21(20)28-2)11-13-22(26)25-23-16-6-3-4-8-18(16)24-19-9-5-7-17(19)23/h10-14H,3-9H2,1-2H3,(H,24,25,26)/b13-11+. The van der Waals surface area contributed by atoms with Crippen LogP contribution in [-0.4, -0.2) is 25.1 Å². The van der Waals surface area contributed by atoms with E-state index < -0.39 is 0 Å². The average Bonchev–Trinajstić information content (AvgIpc) is 3.20. The molecule has 5 heteroatoms. The third-order valence-electron chi connectivity index (χ3n) is 5.58. The zero-order chi connectivity index (χ0) is 19.5. The molecule has 2 aromatic rings. The molecule has 0 spiro atoms. The molecular weight excluding hydrogens is 352 g/mol. The molecule has 146 valence electrons. The van der Waals surface area contributed by atoms with E-state index in [0.29, 0.717) is 11.5 Å². The van der Waals surface area contributed by atoms with Crippen LogP contribution < -0.4 is 14.8 Å². The highest BCUT2D eigenvalue weighted by molar-refractivity contribution is 6.03. The summed E-state index contributed by atoms with van der Waals surface area (Å²) >= 11 is 0. The van der Waals surface area contributed by atoms with Crippen molar-refractivity contribution >= 4 is 17.7 Å². The van der Waals surface area contributed by atoms with Crippen molar-refractivity contribution in [2.75, 3.05) is 19.5 Å². The molecule has 0 saturated heterocycles. The third kappa shape index (κ3) is 3.61. The Morgan fingerprint density at radius 3 is 2.39 bits per heavy atom. The number of nitrogens with one attached hydrogen (secondary N) is 1. The molecule has 1 amide bonds. The molecule has 1 N–H and O–H groups in total. The number of aromatic nitrogens is 1. The molecule has 0 saturated carbocycles. The van der Waals surface area contributed by atoms with E-state index in [4.69, 9.17) is 14.5 Å². The molecule has 1 aromatic carbocycles. The van der Waals surface area contributed by atoms with Gasteiger partial charge >= 0.3 is 0 Å². The van der Waals surface area contributed by atoms with Gasteiger partial charge in [-0.2, -0.15) is 0 Å².